The minimum Gasteiger partial charge on any atom is -0.354 e. The number of likely N-dealkylation sites (tertiary alicyclic amines) is 1. The summed E-state index contributed by atoms with van der Waals surface area (Å²) in [6.45, 7) is 9.24. The third kappa shape index (κ3) is 5.30. The van der Waals surface area contributed by atoms with Crippen molar-refractivity contribution >= 4 is 12.0 Å². The molecule has 22 heavy (non-hydrogen) atoms. The highest BCUT2D eigenvalue weighted by Crippen LogP contribution is 2.19. The highest BCUT2D eigenvalue weighted by Gasteiger charge is 2.25. The van der Waals surface area contributed by atoms with Crippen LogP contribution in [0.15, 0.2) is 35.9 Å². The second kappa shape index (κ2) is 8.14. The molecule has 3 nitrogen and oxygen atoms in total. The number of hydrogen-bond acceptors (Lipinski definition) is 2. The molecule has 0 spiro atoms. The van der Waals surface area contributed by atoms with Gasteiger partial charge < -0.3 is 5.32 Å². The van der Waals surface area contributed by atoms with E-state index in [1.165, 1.54) is 11.1 Å². The molecule has 2 rings (SSSR count). The molecule has 1 saturated heterocycles. The fraction of sp³-hybridized carbons (Fsp3) is 0.526. The molecule has 1 aliphatic rings. The standard InChI is InChI=1S/C19H28N2O/c1-15(2)20-19(22)18-9-11-21(12-10-18)14-16(3)13-17-7-5-4-6-8-17/h4-8,13,15,18H,9-12,14H2,1-3H3,(H,20,22). The second-order valence-corrected chi connectivity index (χ2v) is 6.62. The predicted octanol–water partition coefficient (Wildman–Crippen LogP) is 3.33. The van der Waals surface area contributed by atoms with E-state index < -0.39 is 0 Å². The molecule has 0 aromatic heterocycles. The zero-order chi connectivity index (χ0) is 15.9. The summed E-state index contributed by atoms with van der Waals surface area (Å²) in [5.74, 6) is 0.420. The molecule has 0 bridgehead atoms. The fourth-order valence-electron chi connectivity index (χ4n) is 2.99. The Morgan fingerprint density at radius 1 is 1.27 bits per heavy atom. The van der Waals surface area contributed by atoms with Gasteiger partial charge in [-0.05, 0) is 52.3 Å². The molecule has 1 N–H and O–H groups in total. The molecule has 0 atom stereocenters. The highest BCUT2D eigenvalue weighted by molar-refractivity contribution is 5.79. The smallest absolute Gasteiger partial charge is 0.223 e. The van der Waals surface area contributed by atoms with E-state index in [1.807, 2.05) is 19.9 Å². The number of amides is 1. The molecule has 120 valence electrons. The van der Waals surface area contributed by atoms with Crippen LogP contribution in [0.1, 0.15) is 39.2 Å². The number of piperidine rings is 1. The molecule has 1 heterocycles. The fourth-order valence-corrected chi connectivity index (χ4v) is 2.99. The Hall–Kier alpha value is -1.61. The zero-order valence-corrected chi connectivity index (χ0v) is 14.0. The summed E-state index contributed by atoms with van der Waals surface area (Å²) in [6.07, 6.45) is 4.19. The molecule has 0 unspecified atom stereocenters. The maximum absolute atomic E-state index is 12.0. The Kier molecular flexibility index (Phi) is 6.20. The van der Waals surface area contributed by atoms with Crippen molar-refractivity contribution in [3.8, 4) is 0 Å². The van der Waals surface area contributed by atoms with E-state index in [9.17, 15) is 4.79 Å². The van der Waals surface area contributed by atoms with Crippen LogP contribution in [-0.4, -0.2) is 36.5 Å². The van der Waals surface area contributed by atoms with Crippen molar-refractivity contribution in [3.63, 3.8) is 0 Å². The Morgan fingerprint density at radius 2 is 1.91 bits per heavy atom. The van der Waals surface area contributed by atoms with Crippen LogP contribution in [0, 0.1) is 5.92 Å². The Bertz CT molecular complexity index is 499. The molecular formula is C19H28N2O. The van der Waals surface area contributed by atoms with Crippen molar-refractivity contribution in [2.45, 2.75) is 39.7 Å². The van der Waals surface area contributed by atoms with Crippen LogP contribution >= 0.6 is 0 Å². The maximum atomic E-state index is 12.0. The molecule has 1 aromatic carbocycles. The van der Waals surface area contributed by atoms with Crippen LogP contribution in [0.3, 0.4) is 0 Å². The molecule has 1 aliphatic heterocycles. The molecule has 0 radical (unpaired) electrons. The summed E-state index contributed by atoms with van der Waals surface area (Å²) < 4.78 is 0. The van der Waals surface area contributed by atoms with Crippen LogP contribution in [0.25, 0.3) is 6.08 Å². The third-order valence-corrected chi connectivity index (χ3v) is 4.07. The highest BCUT2D eigenvalue weighted by atomic mass is 16.1. The summed E-state index contributed by atoms with van der Waals surface area (Å²) in [5.41, 5.74) is 2.63. The number of benzene rings is 1. The van der Waals surface area contributed by atoms with E-state index in [0.717, 1.165) is 32.5 Å². The first kappa shape index (κ1) is 16.8. The third-order valence-electron chi connectivity index (χ3n) is 4.07. The van der Waals surface area contributed by atoms with Crippen molar-refractivity contribution < 1.29 is 4.79 Å². The van der Waals surface area contributed by atoms with Gasteiger partial charge in [0.1, 0.15) is 0 Å². The van der Waals surface area contributed by atoms with E-state index >= 15 is 0 Å². The molecule has 0 saturated carbocycles. The molecular weight excluding hydrogens is 272 g/mol. The normalized spacial score (nSPS) is 17.7. The molecule has 1 fully saturated rings. The van der Waals surface area contributed by atoms with Crippen LogP contribution in [0.4, 0.5) is 0 Å². The number of hydrogen-bond donors (Lipinski definition) is 1. The SMILES string of the molecule is CC(=Cc1ccccc1)CN1CCC(C(=O)NC(C)C)CC1. The van der Waals surface area contributed by atoms with E-state index in [4.69, 9.17) is 0 Å². The van der Waals surface area contributed by atoms with Crippen LogP contribution in [0.5, 0.6) is 0 Å². The maximum Gasteiger partial charge on any atom is 0.223 e. The van der Waals surface area contributed by atoms with Gasteiger partial charge in [0, 0.05) is 18.5 Å². The number of carbonyl (C=O) groups is 1. The minimum atomic E-state index is 0.192. The lowest BCUT2D eigenvalue weighted by molar-refractivity contribution is -0.126. The van der Waals surface area contributed by atoms with Crippen LogP contribution in [0.2, 0.25) is 0 Å². The summed E-state index contributed by atoms with van der Waals surface area (Å²) in [4.78, 5) is 14.5. The lowest BCUT2D eigenvalue weighted by atomic mass is 9.95. The Balaban J connectivity index is 1.80. The molecule has 1 aromatic rings. The van der Waals surface area contributed by atoms with Crippen molar-refractivity contribution in [3.05, 3.63) is 41.5 Å². The van der Waals surface area contributed by atoms with E-state index in [0.29, 0.717) is 0 Å². The van der Waals surface area contributed by atoms with E-state index in [1.54, 1.807) is 0 Å². The number of carbonyl (C=O) groups excluding carboxylic acids is 1. The second-order valence-electron chi connectivity index (χ2n) is 6.62. The first-order valence-corrected chi connectivity index (χ1v) is 8.29. The summed E-state index contributed by atoms with van der Waals surface area (Å²) >= 11 is 0. The lowest BCUT2D eigenvalue weighted by Gasteiger charge is -2.31. The van der Waals surface area contributed by atoms with Crippen molar-refractivity contribution in [1.82, 2.24) is 10.2 Å². The van der Waals surface area contributed by atoms with Crippen molar-refractivity contribution in [2.75, 3.05) is 19.6 Å². The summed E-state index contributed by atoms with van der Waals surface area (Å²) in [6, 6.07) is 10.7. The Labute approximate surface area is 134 Å². The van der Waals surface area contributed by atoms with Crippen molar-refractivity contribution in [1.29, 1.82) is 0 Å². The van der Waals surface area contributed by atoms with Gasteiger partial charge in [-0.2, -0.15) is 0 Å². The average Bonchev–Trinajstić information content (AvgIpc) is 2.48. The first-order chi connectivity index (χ1) is 10.5. The minimum absolute atomic E-state index is 0.192. The molecule has 1 amide bonds. The van der Waals surface area contributed by atoms with Crippen LogP contribution in [-0.2, 0) is 4.79 Å². The van der Waals surface area contributed by atoms with Gasteiger partial charge in [-0.1, -0.05) is 42.0 Å². The van der Waals surface area contributed by atoms with Gasteiger partial charge in [-0.3, -0.25) is 9.69 Å². The Morgan fingerprint density at radius 3 is 2.50 bits per heavy atom. The zero-order valence-electron chi connectivity index (χ0n) is 14.0. The van der Waals surface area contributed by atoms with Gasteiger partial charge >= 0.3 is 0 Å². The van der Waals surface area contributed by atoms with Crippen molar-refractivity contribution in [2.24, 2.45) is 5.92 Å². The van der Waals surface area contributed by atoms with E-state index in [2.05, 4.69) is 47.5 Å². The monoisotopic (exact) mass is 300 g/mol. The largest absolute Gasteiger partial charge is 0.354 e. The summed E-state index contributed by atoms with van der Waals surface area (Å²) in [7, 11) is 0. The van der Waals surface area contributed by atoms with Gasteiger partial charge in [-0.25, -0.2) is 0 Å². The van der Waals surface area contributed by atoms with Gasteiger partial charge in [0.2, 0.25) is 5.91 Å². The van der Waals surface area contributed by atoms with E-state index in [-0.39, 0.29) is 17.9 Å². The molecule has 0 aliphatic carbocycles. The summed E-state index contributed by atoms with van der Waals surface area (Å²) in [5, 5.41) is 3.03. The molecule has 3 heteroatoms. The topological polar surface area (TPSA) is 32.3 Å². The van der Waals surface area contributed by atoms with Gasteiger partial charge in [-0.15, -0.1) is 0 Å². The predicted molar refractivity (Wildman–Crippen MR) is 92.5 cm³/mol. The van der Waals surface area contributed by atoms with Gasteiger partial charge in [0.25, 0.3) is 0 Å². The van der Waals surface area contributed by atoms with Gasteiger partial charge in [0.05, 0.1) is 0 Å². The quantitative estimate of drug-likeness (QED) is 0.904. The van der Waals surface area contributed by atoms with Crippen LogP contribution < -0.4 is 5.32 Å². The first-order valence-electron chi connectivity index (χ1n) is 8.29. The average molecular weight is 300 g/mol. The number of rotatable bonds is 5. The number of nitrogens with zero attached hydrogens (tertiary/aromatic N) is 1. The lowest BCUT2D eigenvalue weighted by Crippen LogP contribution is -2.42. The number of nitrogens with one attached hydrogen (secondary N) is 1. The van der Waals surface area contributed by atoms with Gasteiger partial charge in [0.15, 0.2) is 0 Å².